The SMILES string of the molecule is COc1ccc(Cl)cc1[C@H](N)CCF. The van der Waals surface area contributed by atoms with Crippen molar-refractivity contribution in [2.75, 3.05) is 13.8 Å². The average molecular weight is 218 g/mol. The first kappa shape index (κ1) is 11.3. The Bertz CT molecular complexity index is 306. The summed E-state index contributed by atoms with van der Waals surface area (Å²) >= 11 is 5.81. The highest BCUT2D eigenvalue weighted by Gasteiger charge is 2.11. The molecule has 78 valence electrons. The quantitative estimate of drug-likeness (QED) is 0.842. The molecule has 0 fully saturated rings. The lowest BCUT2D eigenvalue weighted by Gasteiger charge is -2.14. The van der Waals surface area contributed by atoms with Crippen LogP contribution in [0.5, 0.6) is 5.75 Å². The Kier molecular flexibility index (Phi) is 4.17. The van der Waals surface area contributed by atoms with Crippen LogP contribution in [0.3, 0.4) is 0 Å². The van der Waals surface area contributed by atoms with Crippen LogP contribution in [0.4, 0.5) is 4.39 Å². The minimum absolute atomic E-state index is 0.275. The van der Waals surface area contributed by atoms with Gasteiger partial charge in [-0.15, -0.1) is 0 Å². The zero-order chi connectivity index (χ0) is 10.6. The molecule has 0 radical (unpaired) electrons. The molecule has 1 aromatic carbocycles. The van der Waals surface area contributed by atoms with E-state index in [4.69, 9.17) is 22.1 Å². The molecule has 2 N–H and O–H groups in total. The summed E-state index contributed by atoms with van der Waals surface area (Å²) in [5, 5.41) is 0.579. The molecule has 1 atom stereocenters. The van der Waals surface area contributed by atoms with Crippen molar-refractivity contribution in [1.82, 2.24) is 0 Å². The van der Waals surface area contributed by atoms with Crippen LogP contribution in [0.15, 0.2) is 18.2 Å². The first-order valence-corrected chi connectivity index (χ1v) is 4.71. The summed E-state index contributed by atoms with van der Waals surface area (Å²) in [6.07, 6.45) is 0.275. The molecule has 1 aromatic rings. The molecular weight excluding hydrogens is 205 g/mol. The van der Waals surface area contributed by atoms with Gasteiger partial charge in [0.15, 0.2) is 0 Å². The second kappa shape index (κ2) is 5.17. The molecule has 4 heteroatoms. The van der Waals surface area contributed by atoms with Gasteiger partial charge in [-0.1, -0.05) is 11.6 Å². The highest BCUT2D eigenvalue weighted by Crippen LogP contribution is 2.28. The van der Waals surface area contributed by atoms with Gasteiger partial charge in [0.05, 0.1) is 13.8 Å². The van der Waals surface area contributed by atoms with Crippen LogP contribution >= 0.6 is 11.6 Å². The summed E-state index contributed by atoms with van der Waals surface area (Å²) in [7, 11) is 1.55. The van der Waals surface area contributed by atoms with Gasteiger partial charge < -0.3 is 10.5 Å². The molecule has 0 spiro atoms. The number of halogens is 2. The smallest absolute Gasteiger partial charge is 0.123 e. The van der Waals surface area contributed by atoms with Gasteiger partial charge in [0, 0.05) is 16.6 Å². The number of benzene rings is 1. The largest absolute Gasteiger partial charge is 0.496 e. The number of alkyl halides is 1. The lowest BCUT2D eigenvalue weighted by molar-refractivity contribution is 0.395. The zero-order valence-corrected chi connectivity index (χ0v) is 8.72. The van der Waals surface area contributed by atoms with E-state index in [-0.39, 0.29) is 12.5 Å². The first-order valence-electron chi connectivity index (χ1n) is 4.34. The normalized spacial score (nSPS) is 12.6. The average Bonchev–Trinajstić information content (AvgIpc) is 2.18. The lowest BCUT2D eigenvalue weighted by atomic mass is 10.0. The summed E-state index contributed by atoms with van der Waals surface area (Å²) in [6.45, 7) is -0.448. The number of hydrogen-bond acceptors (Lipinski definition) is 2. The maximum absolute atomic E-state index is 12.1. The Labute approximate surface area is 87.8 Å². The van der Waals surface area contributed by atoms with Crippen molar-refractivity contribution in [1.29, 1.82) is 0 Å². The van der Waals surface area contributed by atoms with E-state index < -0.39 is 6.67 Å². The molecule has 14 heavy (non-hydrogen) atoms. The Morgan fingerprint density at radius 2 is 2.29 bits per heavy atom. The number of hydrogen-bond donors (Lipinski definition) is 1. The Hall–Kier alpha value is -0.800. The van der Waals surface area contributed by atoms with Gasteiger partial charge in [-0.25, -0.2) is 0 Å². The van der Waals surface area contributed by atoms with Gasteiger partial charge in [0.2, 0.25) is 0 Å². The number of nitrogens with two attached hydrogens (primary N) is 1. The number of ether oxygens (including phenoxy) is 1. The van der Waals surface area contributed by atoms with E-state index in [9.17, 15) is 4.39 Å². The van der Waals surface area contributed by atoms with Gasteiger partial charge in [0.1, 0.15) is 5.75 Å². The standard InChI is InChI=1S/C10H13ClFNO/c1-14-10-3-2-7(11)6-8(10)9(13)4-5-12/h2-3,6,9H,4-5,13H2,1H3/t9-/m1/s1. The molecule has 0 amide bonds. The highest BCUT2D eigenvalue weighted by atomic mass is 35.5. The van der Waals surface area contributed by atoms with Crippen LogP contribution < -0.4 is 10.5 Å². The third kappa shape index (κ3) is 2.59. The van der Waals surface area contributed by atoms with Crippen LogP contribution in [0.2, 0.25) is 5.02 Å². The summed E-state index contributed by atoms with van der Waals surface area (Å²) in [4.78, 5) is 0. The Morgan fingerprint density at radius 3 is 2.86 bits per heavy atom. The molecule has 0 aromatic heterocycles. The van der Waals surface area contributed by atoms with E-state index in [2.05, 4.69) is 0 Å². The third-order valence-electron chi connectivity index (χ3n) is 2.01. The van der Waals surface area contributed by atoms with Crippen molar-refractivity contribution in [2.45, 2.75) is 12.5 Å². The molecule has 0 saturated heterocycles. The summed E-state index contributed by atoms with van der Waals surface area (Å²) in [5.41, 5.74) is 6.52. The molecule has 0 unspecified atom stereocenters. The predicted molar refractivity (Wildman–Crippen MR) is 55.5 cm³/mol. The molecule has 0 saturated carbocycles. The number of rotatable bonds is 4. The van der Waals surface area contributed by atoms with Crippen LogP contribution in [0.25, 0.3) is 0 Å². The van der Waals surface area contributed by atoms with E-state index >= 15 is 0 Å². The minimum Gasteiger partial charge on any atom is -0.496 e. The fraction of sp³-hybridized carbons (Fsp3) is 0.400. The van der Waals surface area contributed by atoms with Crippen LogP contribution in [0, 0.1) is 0 Å². The van der Waals surface area contributed by atoms with Crippen LogP contribution in [-0.4, -0.2) is 13.8 Å². The van der Waals surface area contributed by atoms with Crippen molar-refractivity contribution in [3.05, 3.63) is 28.8 Å². The maximum Gasteiger partial charge on any atom is 0.123 e. The molecule has 1 rings (SSSR count). The first-order chi connectivity index (χ1) is 6.69. The molecule has 2 nitrogen and oxygen atoms in total. The van der Waals surface area contributed by atoms with Crippen molar-refractivity contribution < 1.29 is 9.13 Å². The second-order valence-electron chi connectivity index (χ2n) is 2.97. The molecule has 0 heterocycles. The van der Waals surface area contributed by atoms with Gasteiger partial charge in [-0.05, 0) is 24.6 Å². The van der Waals surface area contributed by atoms with E-state index in [0.717, 1.165) is 5.56 Å². The van der Waals surface area contributed by atoms with Crippen molar-refractivity contribution in [3.8, 4) is 5.75 Å². The third-order valence-corrected chi connectivity index (χ3v) is 2.25. The predicted octanol–water partition coefficient (Wildman–Crippen LogP) is 2.71. The topological polar surface area (TPSA) is 35.2 Å². The molecular formula is C10H13ClFNO. The fourth-order valence-electron chi connectivity index (χ4n) is 1.27. The maximum atomic E-state index is 12.1. The van der Waals surface area contributed by atoms with E-state index in [0.29, 0.717) is 10.8 Å². The molecule has 0 aliphatic rings. The van der Waals surface area contributed by atoms with Crippen molar-refractivity contribution in [3.63, 3.8) is 0 Å². The van der Waals surface area contributed by atoms with Crippen LogP contribution in [0.1, 0.15) is 18.0 Å². The van der Waals surface area contributed by atoms with Gasteiger partial charge in [-0.3, -0.25) is 4.39 Å². The van der Waals surface area contributed by atoms with E-state index in [1.165, 1.54) is 0 Å². The Morgan fingerprint density at radius 1 is 1.57 bits per heavy atom. The summed E-state index contributed by atoms with van der Waals surface area (Å²) < 4.78 is 17.2. The lowest BCUT2D eigenvalue weighted by Crippen LogP contribution is -2.12. The monoisotopic (exact) mass is 217 g/mol. The zero-order valence-electron chi connectivity index (χ0n) is 7.97. The number of methoxy groups -OCH3 is 1. The fourth-order valence-corrected chi connectivity index (χ4v) is 1.45. The molecule has 0 aliphatic carbocycles. The van der Waals surface area contributed by atoms with Gasteiger partial charge in [0.25, 0.3) is 0 Å². The highest BCUT2D eigenvalue weighted by molar-refractivity contribution is 6.30. The van der Waals surface area contributed by atoms with E-state index in [1.807, 2.05) is 0 Å². The van der Waals surface area contributed by atoms with Crippen molar-refractivity contribution >= 4 is 11.6 Å². The van der Waals surface area contributed by atoms with Crippen molar-refractivity contribution in [2.24, 2.45) is 5.73 Å². The van der Waals surface area contributed by atoms with E-state index in [1.54, 1.807) is 25.3 Å². The Balaban J connectivity index is 2.97. The second-order valence-corrected chi connectivity index (χ2v) is 3.41. The summed E-state index contributed by atoms with van der Waals surface area (Å²) in [5.74, 6) is 0.648. The minimum atomic E-state index is -0.448. The van der Waals surface area contributed by atoms with Gasteiger partial charge >= 0.3 is 0 Å². The molecule has 0 bridgehead atoms. The molecule has 0 aliphatic heterocycles. The van der Waals surface area contributed by atoms with Crippen LogP contribution in [-0.2, 0) is 0 Å². The van der Waals surface area contributed by atoms with Gasteiger partial charge in [-0.2, -0.15) is 0 Å². The summed E-state index contributed by atoms with van der Waals surface area (Å²) in [6, 6.07) is 4.79.